The van der Waals surface area contributed by atoms with Crippen LogP contribution < -0.4 is 10.2 Å². The maximum Gasteiger partial charge on any atom is 0.224 e. The molecule has 1 aromatic heterocycles. The van der Waals surface area contributed by atoms with Crippen molar-refractivity contribution in [3.8, 4) is 11.3 Å². The third-order valence-corrected chi connectivity index (χ3v) is 5.39. The average molecular weight is 388 g/mol. The fourth-order valence-electron chi connectivity index (χ4n) is 3.41. The van der Waals surface area contributed by atoms with Crippen LogP contribution in [0.15, 0.2) is 29.6 Å². The minimum absolute atomic E-state index is 0.0805. The van der Waals surface area contributed by atoms with Gasteiger partial charge < -0.3 is 10.2 Å². The summed E-state index contributed by atoms with van der Waals surface area (Å²) in [5.41, 5.74) is 3.15. The molecule has 1 aromatic carbocycles. The van der Waals surface area contributed by atoms with Gasteiger partial charge in [0.25, 0.3) is 0 Å². The fourth-order valence-corrected chi connectivity index (χ4v) is 4.37. The van der Waals surface area contributed by atoms with E-state index in [2.05, 4.69) is 57.1 Å². The molecule has 0 spiro atoms. The number of hydrogen-bond donors (Lipinski definition) is 1. The Morgan fingerprint density at radius 2 is 1.81 bits per heavy atom. The standard InChI is InChI=1S/C22H33N3OS/c1-7-25(8-2)21-24-19(15-27-21)17-9-11-18(12-10-17)23-20(26)13-16(3)14-22(4,5)6/h9-12,15-16H,7-8,13-14H2,1-6H3,(H,23,26)/t16-/m1/s1. The van der Waals surface area contributed by atoms with Crippen molar-refractivity contribution >= 4 is 28.1 Å². The number of hydrogen-bond acceptors (Lipinski definition) is 4. The van der Waals surface area contributed by atoms with E-state index in [1.54, 1.807) is 11.3 Å². The molecule has 0 aliphatic carbocycles. The van der Waals surface area contributed by atoms with Gasteiger partial charge in [-0.1, -0.05) is 39.8 Å². The smallest absolute Gasteiger partial charge is 0.224 e. The second kappa shape index (κ2) is 9.36. The fraction of sp³-hybridized carbons (Fsp3) is 0.545. The summed E-state index contributed by atoms with van der Waals surface area (Å²) in [5.74, 6) is 0.453. The highest BCUT2D eigenvalue weighted by molar-refractivity contribution is 7.14. The molecule has 0 aliphatic heterocycles. The number of nitrogens with one attached hydrogen (secondary N) is 1. The number of aromatic nitrogens is 1. The number of amides is 1. The first-order valence-corrected chi connectivity index (χ1v) is 10.7. The first-order valence-electron chi connectivity index (χ1n) is 9.82. The van der Waals surface area contributed by atoms with Crippen LogP contribution in [0.1, 0.15) is 54.4 Å². The maximum absolute atomic E-state index is 12.3. The number of benzene rings is 1. The lowest BCUT2D eigenvalue weighted by Gasteiger charge is -2.22. The van der Waals surface area contributed by atoms with E-state index in [-0.39, 0.29) is 11.3 Å². The summed E-state index contributed by atoms with van der Waals surface area (Å²) in [6, 6.07) is 7.96. The Balaban J connectivity index is 1.96. The summed E-state index contributed by atoms with van der Waals surface area (Å²) in [4.78, 5) is 19.3. The minimum atomic E-state index is 0.0805. The van der Waals surface area contributed by atoms with Gasteiger partial charge in [-0.25, -0.2) is 4.98 Å². The van der Waals surface area contributed by atoms with E-state index in [4.69, 9.17) is 4.98 Å². The van der Waals surface area contributed by atoms with Crippen LogP contribution in [-0.2, 0) is 4.79 Å². The first-order chi connectivity index (χ1) is 12.7. The molecule has 0 aliphatic rings. The summed E-state index contributed by atoms with van der Waals surface area (Å²) in [7, 11) is 0. The molecule has 1 N–H and O–H groups in total. The third-order valence-electron chi connectivity index (χ3n) is 4.49. The van der Waals surface area contributed by atoms with Crippen LogP contribution in [-0.4, -0.2) is 24.0 Å². The SMILES string of the molecule is CCN(CC)c1nc(-c2ccc(NC(=O)C[C@@H](C)CC(C)(C)C)cc2)cs1. The highest BCUT2D eigenvalue weighted by Gasteiger charge is 2.18. The van der Waals surface area contributed by atoms with Crippen molar-refractivity contribution in [3.05, 3.63) is 29.6 Å². The van der Waals surface area contributed by atoms with Gasteiger partial charge in [0.05, 0.1) is 5.69 Å². The van der Waals surface area contributed by atoms with Crippen molar-refractivity contribution in [3.63, 3.8) is 0 Å². The van der Waals surface area contributed by atoms with Gasteiger partial charge >= 0.3 is 0 Å². The summed E-state index contributed by atoms with van der Waals surface area (Å²) in [6.07, 6.45) is 1.59. The predicted molar refractivity (Wildman–Crippen MR) is 118 cm³/mol. The molecule has 1 atom stereocenters. The van der Waals surface area contributed by atoms with Gasteiger partial charge in [0.15, 0.2) is 5.13 Å². The van der Waals surface area contributed by atoms with Crippen LogP contribution >= 0.6 is 11.3 Å². The van der Waals surface area contributed by atoms with Crippen molar-refractivity contribution in [2.24, 2.45) is 11.3 Å². The number of carbonyl (C=O) groups excluding carboxylic acids is 1. The second-order valence-electron chi connectivity index (χ2n) is 8.39. The zero-order valence-corrected chi connectivity index (χ0v) is 18.3. The second-order valence-corrected chi connectivity index (χ2v) is 9.22. The molecule has 1 heterocycles. The molecular weight excluding hydrogens is 354 g/mol. The summed E-state index contributed by atoms with van der Waals surface area (Å²) >= 11 is 1.67. The largest absolute Gasteiger partial charge is 0.349 e. The van der Waals surface area contributed by atoms with Crippen LogP contribution in [0, 0.1) is 11.3 Å². The number of rotatable bonds is 8. The Morgan fingerprint density at radius 3 is 2.37 bits per heavy atom. The van der Waals surface area contributed by atoms with Crippen LogP contribution in [0.3, 0.4) is 0 Å². The maximum atomic E-state index is 12.3. The molecular formula is C22H33N3OS. The summed E-state index contributed by atoms with van der Waals surface area (Å²) in [5, 5.41) is 6.16. The van der Waals surface area contributed by atoms with E-state index in [9.17, 15) is 4.79 Å². The normalized spacial score (nSPS) is 12.7. The molecule has 0 saturated heterocycles. The average Bonchev–Trinajstić information content (AvgIpc) is 3.04. The molecule has 2 rings (SSSR count). The van der Waals surface area contributed by atoms with E-state index in [0.717, 1.165) is 41.6 Å². The highest BCUT2D eigenvalue weighted by Crippen LogP contribution is 2.29. The Morgan fingerprint density at radius 1 is 1.19 bits per heavy atom. The van der Waals surface area contributed by atoms with Crippen LogP contribution in [0.4, 0.5) is 10.8 Å². The monoisotopic (exact) mass is 387 g/mol. The molecule has 0 saturated carbocycles. The van der Waals surface area contributed by atoms with Gasteiger partial charge in [-0.15, -0.1) is 11.3 Å². The molecule has 2 aromatic rings. The zero-order valence-electron chi connectivity index (χ0n) is 17.5. The van der Waals surface area contributed by atoms with Crippen LogP contribution in [0.5, 0.6) is 0 Å². The van der Waals surface area contributed by atoms with E-state index in [1.165, 1.54) is 0 Å². The Kier molecular flexibility index (Phi) is 7.42. The van der Waals surface area contributed by atoms with Gasteiger partial charge in [-0.05, 0) is 43.7 Å². The number of thiazole rings is 1. The van der Waals surface area contributed by atoms with E-state index >= 15 is 0 Å². The van der Waals surface area contributed by atoms with Gasteiger partial charge in [0.1, 0.15) is 0 Å². The molecule has 0 unspecified atom stereocenters. The first kappa shape index (κ1) is 21.4. The van der Waals surface area contributed by atoms with Crippen molar-refractivity contribution in [2.75, 3.05) is 23.3 Å². The number of anilines is 2. The molecule has 0 bridgehead atoms. The Bertz CT molecular complexity index is 727. The lowest BCUT2D eigenvalue weighted by atomic mass is 9.84. The summed E-state index contributed by atoms with van der Waals surface area (Å²) in [6.45, 7) is 15.0. The quantitative estimate of drug-likeness (QED) is 0.599. The van der Waals surface area contributed by atoms with E-state index in [1.807, 2.05) is 24.3 Å². The van der Waals surface area contributed by atoms with Crippen LogP contribution in [0.25, 0.3) is 11.3 Å². The van der Waals surface area contributed by atoms with E-state index < -0.39 is 0 Å². The molecule has 4 nitrogen and oxygen atoms in total. The van der Waals surface area contributed by atoms with Gasteiger partial charge in [0, 0.05) is 36.1 Å². The van der Waals surface area contributed by atoms with Crippen molar-refractivity contribution in [1.29, 1.82) is 0 Å². The zero-order chi connectivity index (χ0) is 20.0. The van der Waals surface area contributed by atoms with Gasteiger partial charge in [-0.3, -0.25) is 4.79 Å². The molecule has 0 fully saturated rings. The third kappa shape index (κ3) is 6.65. The van der Waals surface area contributed by atoms with Gasteiger partial charge in [0.2, 0.25) is 5.91 Å². The van der Waals surface area contributed by atoms with Crippen molar-refractivity contribution in [1.82, 2.24) is 4.98 Å². The molecule has 5 heteroatoms. The summed E-state index contributed by atoms with van der Waals surface area (Å²) < 4.78 is 0. The number of nitrogens with zero attached hydrogens (tertiary/aromatic N) is 2. The van der Waals surface area contributed by atoms with Crippen molar-refractivity contribution in [2.45, 2.75) is 54.4 Å². The Labute approximate surface area is 168 Å². The molecule has 148 valence electrons. The molecule has 27 heavy (non-hydrogen) atoms. The lowest BCUT2D eigenvalue weighted by molar-refractivity contribution is -0.117. The topological polar surface area (TPSA) is 45.2 Å². The van der Waals surface area contributed by atoms with Crippen LogP contribution in [0.2, 0.25) is 0 Å². The highest BCUT2D eigenvalue weighted by atomic mass is 32.1. The molecule has 1 amide bonds. The van der Waals surface area contributed by atoms with E-state index in [0.29, 0.717) is 12.3 Å². The lowest BCUT2D eigenvalue weighted by Crippen LogP contribution is -2.21. The molecule has 0 radical (unpaired) electrons. The number of carbonyl (C=O) groups is 1. The Hall–Kier alpha value is -1.88. The van der Waals surface area contributed by atoms with Crippen molar-refractivity contribution < 1.29 is 4.79 Å². The van der Waals surface area contributed by atoms with Gasteiger partial charge in [-0.2, -0.15) is 0 Å². The minimum Gasteiger partial charge on any atom is -0.349 e. The predicted octanol–water partition coefficient (Wildman–Crippen LogP) is 6.06.